The van der Waals surface area contributed by atoms with Crippen LogP contribution < -0.4 is 0 Å². The molecule has 0 aromatic heterocycles. The highest BCUT2D eigenvalue weighted by atomic mass is 16.5. The van der Waals surface area contributed by atoms with E-state index in [0.717, 1.165) is 0 Å². The Balaban J connectivity index is 2.14. The average Bonchev–Trinajstić information content (AvgIpc) is 1.83. The van der Waals surface area contributed by atoms with Gasteiger partial charge in [-0.2, -0.15) is 0 Å². The maximum absolute atomic E-state index is 11.0. The summed E-state index contributed by atoms with van der Waals surface area (Å²) >= 11 is 0. The lowest BCUT2D eigenvalue weighted by atomic mass is 9.63. The maximum Gasteiger partial charge on any atom is 0.306 e. The third-order valence-corrected chi connectivity index (χ3v) is 2.44. The zero-order valence-electron chi connectivity index (χ0n) is 8.22. The molecule has 0 unspecified atom stereocenters. The van der Waals surface area contributed by atoms with E-state index in [0.29, 0.717) is 24.4 Å². The molecular weight excluding hydrogens is 152 g/mol. The molecule has 0 aromatic rings. The summed E-state index contributed by atoms with van der Waals surface area (Å²) in [5.74, 6) is 0.553. The lowest BCUT2D eigenvalue weighted by molar-refractivity contribution is -0.145. The van der Waals surface area contributed by atoms with Gasteiger partial charge in [0.05, 0.1) is 6.61 Å². The molecule has 0 spiro atoms. The molecule has 0 radical (unpaired) electrons. The van der Waals surface area contributed by atoms with Crippen molar-refractivity contribution in [1.82, 2.24) is 0 Å². The minimum Gasteiger partial charge on any atom is -0.466 e. The van der Waals surface area contributed by atoms with Gasteiger partial charge in [-0.15, -0.1) is 0 Å². The van der Waals surface area contributed by atoms with E-state index in [1.54, 1.807) is 0 Å². The van der Waals surface area contributed by atoms with Crippen molar-refractivity contribution < 1.29 is 9.53 Å². The van der Waals surface area contributed by atoms with Gasteiger partial charge in [0.2, 0.25) is 0 Å². The Hall–Kier alpha value is -0.530. The van der Waals surface area contributed by atoms with Gasteiger partial charge in [-0.25, -0.2) is 0 Å². The number of esters is 1. The largest absolute Gasteiger partial charge is 0.466 e. The Morgan fingerprint density at radius 1 is 1.50 bits per heavy atom. The number of carbonyl (C=O) groups is 1. The zero-order valence-corrected chi connectivity index (χ0v) is 8.22. The third-order valence-electron chi connectivity index (χ3n) is 2.44. The lowest BCUT2D eigenvalue weighted by Gasteiger charge is -2.42. The first-order valence-electron chi connectivity index (χ1n) is 4.69. The van der Waals surface area contributed by atoms with Crippen LogP contribution in [0.3, 0.4) is 0 Å². The number of rotatable bonds is 3. The van der Waals surface area contributed by atoms with Crippen molar-refractivity contribution >= 4 is 5.97 Å². The van der Waals surface area contributed by atoms with Gasteiger partial charge in [0.1, 0.15) is 0 Å². The highest BCUT2D eigenvalue weighted by Gasteiger charge is 2.37. The molecule has 12 heavy (non-hydrogen) atoms. The van der Waals surface area contributed by atoms with E-state index >= 15 is 0 Å². The Morgan fingerprint density at radius 2 is 2.08 bits per heavy atom. The Kier molecular flexibility index (Phi) is 2.76. The highest BCUT2D eigenvalue weighted by Crippen LogP contribution is 2.46. The van der Waals surface area contributed by atoms with Gasteiger partial charge in [-0.05, 0) is 31.1 Å². The fourth-order valence-electron chi connectivity index (χ4n) is 2.10. The minimum absolute atomic E-state index is 0.0296. The van der Waals surface area contributed by atoms with Crippen LogP contribution in [-0.2, 0) is 9.53 Å². The molecule has 0 aliphatic heterocycles. The molecule has 0 bridgehead atoms. The van der Waals surface area contributed by atoms with Crippen LogP contribution in [0.2, 0.25) is 0 Å². The molecule has 0 atom stereocenters. The maximum atomic E-state index is 11.0. The SMILES string of the molecule is CCOC(=O)CC1CC(C)(C)C1. The van der Waals surface area contributed by atoms with Gasteiger partial charge in [-0.1, -0.05) is 13.8 Å². The van der Waals surface area contributed by atoms with Crippen molar-refractivity contribution in [3.8, 4) is 0 Å². The Morgan fingerprint density at radius 3 is 2.50 bits per heavy atom. The molecule has 0 saturated heterocycles. The van der Waals surface area contributed by atoms with Crippen LogP contribution in [0.25, 0.3) is 0 Å². The molecule has 0 N–H and O–H groups in total. The van der Waals surface area contributed by atoms with Crippen LogP contribution in [0.15, 0.2) is 0 Å². The molecule has 70 valence electrons. The fraction of sp³-hybridized carbons (Fsp3) is 0.900. The first kappa shape index (κ1) is 9.56. The molecule has 1 fully saturated rings. The van der Waals surface area contributed by atoms with E-state index in [4.69, 9.17) is 4.74 Å². The summed E-state index contributed by atoms with van der Waals surface area (Å²) in [6, 6.07) is 0. The second-order valence-corrected chi connectivity index (χ2v) is 4.45. The summed E-state index contributed by atoms with van der Waals surface area (Å²) in [6.45, 7) is 6.85. The van der Waals surface area contributed by atoms with E-state index in [-0.39, 0.29) is 5.97 Å². The van der Waals surface area contributed by atoms with E-state index in [9.17, 15) is 4.79 Å². The molecule has 0 aromatic carbocycles. The molecule has 2 heteroatoms. The monoisotopic (exact) mass is 170 g/mol. The summed E-state index contributed by atoms with van der Waals surface area (Å²) < 4.78 is 4.88. The summed E-state index contributed by atoms with van der Waals surface area (Å²) in [6.07, 6.45) is 2.97. The third kappa shape index (κ3) is 2.50. The zero-order chi connectivity index (χ0) is 9.19. The standard InChI is InChI=1S/C10H18O2/c1-4-12-9(11)5-8-6-10(2,3)7-8/h8H,4-7H2,1-3H3. The van der Waals surface area contributed by atoms with Gasteiger partial charge in [0, 0.05) is 6.42 Å². The van der Waals surface area contributed by atoms with Crippen molar-refractivity contribution in [3.05, 3.63) is 0 Å². The first-order valence-corrected chi connectivity index (χ1v) is 4.69. The van der Waals surface area contributed by atoms with Gasteiger partial charge >= 0.3 is 5.97 Å². The summed E-state index contributed by atoms with van der Waals surface area (Å²) in [7, 11) is 0. The normalized spacial score (nSPS) is 21.6. The van der Waals surface area contributed by atoms with Crippen molar-refractivity contribution in [3.63, 3.8) is 0 Å². The van der Waals surface area contributed by atoms with Crippen LogP contribution in [0.4, 0.5) is 0 Å². The molecule has 1 rings (SSSR count). The number of ether oxygens (including phenoxy) is 1. The van der Waals surface area contributed by atoms with Gasteiger partial charge in [0.25, 0.3) is 0 Å². The summed E-state index contributed by atoms with van der Waals surface area (Å²) in [5, 5.41) is 0. The van der Waals surface area contributed by atoms with Gasteiger partial charge < -0.3 is 4.74 Å². The van der Waals surface area contributed by atoms with E-state index in [1.165, 1.54) is 12.8 Å². The number of carbonyl (C=O) groups excluding carboxylic acids is 1. The molecule has 1 saturated carbocycles. The van der Waals surface area contributed by atoms with Gasteiger partial charge in [-0.3, -0.25) is 4.79 Å². The Labute approximate surface area is 74.3 Å². The molecule has 1 aliphatic carbocycles. The lowest BCUT2D eigenvalue weighted by Crippen LogP contribution is -2.33. The van der Waals surface area contributed by atoms with E-state index < -0.39 is 0 Å². The van der Waals surface area contributed by atoms with Crippen molar-refractivity contribution in [2.75, 3.05) is 6.61 Å². The summed E-state index contributed by atoms with van der Waals surface area (Å²) in [4.78, 5) is 11.0. The van der Waals surface area contributed by atoms with Crippen LogP contribution >= 0.6 is 0 Å². The van der Waals surface area contributed by atoms with Crippen LogP contribution in [0.1, 0.15) is 40.0 Å². The predicted molar refractivity (Wildman–Crippen MR) is 47.8 cm³/mol. The second-order valence-electron chi connectivity index (χ2n) is 4.45. The second kappa shape index (κ2) is 3.46. The van der Waals surface area contributed by atoms with E-state index in [1.807, 2.05) is 6.92 Å². The minimum atomic E-state index is -0.0296. The molecule has 0 heterocycles. The predicted octanol–water partition coefficient (Wildman–Crippen LogP) is 2.38. The topological polar surface area (TPSA) is 26.3 Å². The quantitative estimate of drug-likeness (QED) is 0.608. The van der Waals surface area contributed by atoms with Gasteiger partial charge in [0.15, 0.2) is 0 Å². The molecule has 1 aliphatic rings. The van der Waals surface area contributed by atoms with Crippen LogP contribution in [0, 0.1) is 11.3 Å². The van der Waals surface area contributed by atoms with Crippen molar-refractivity contribution in [2.45, 2.75) is 40.0 Å². The highest BCUT2D eigenvalue weighted by molar-refractivity contribution is 5.69. The molecule has 2 nitrogen and oxygen atoms in total. The molecule has 0 amide bonds. The van der Waals surface area contributed by atoms with Crippen LogP contribution in [0.5, 0.6) is 0 Å². The molecular formula is C10H18O2. The fourth-order valence-corrected chi connectivity index (χ4v) is 2.10. The average molecular weight is 170 g/mol. The number of hydrogen-bond acceptors (Lipinski definition) is 2. The van der Waals surface area contributed by atoms with Crippen molar-refractivity contribution in [1.29, 1.82) is 0 Å². The number of hydrogen-bond donors (Lipinski definition) is 0. The first-order chi connectivity index (χ1) is 5.53. The van der Waals surface area contributed by atoms with Crippen LogP contribution in [-0.4, -0.2) is 12.6 Å². The summed E-state index contributed by atoms with van der Waals surface area (Å²) in [5.41, 5.74) is 0.469. The smallest absolute Gasteiger partial charge is 0.306 e. The van der Waals surface area contributed by atoms with Crippen molar-refractivity contribution in [2.24, 2.45) is 11.3 Å². The van der Waals surface area contributed by atoms with E-state index in [2.05, 4.69) is 13.8 Å². The Bertz CT molecular complexity index is 165.